The average Bonchev–Trinajstić information content (AvgIpc) is 2.27. The van der Waals surface area contributed by atoms with E-state index in [9.17, 15) is 9.59 Å². The fourth-order valence-electron chi connectivity index (χ4n) is 1.13. The molecule has 0 aromatic carbocycles. The molecule has 0 saturated carbocycles. The molecule has 0 rings (SSSR count). The highest BCUT2D eigenvalue weighted by Gasteiger charge is 2.36. The number of rotatable bonds is 6. The summed E-state index contributed by atoms with van der Waals surface area (Å²) in [5.41, 5.74) is 4.61. The Morgan fingerprint density at radius 1 is 1.47 bits per heavy atom. The third-order valence-corrected chi connectivity index (χ3v) is 3.19. The minimum Gasteiger partial charge on any atom is -0.464 e. The van der Waals surface area contributed by atoms with Crippen LogP contribution >= 0.6 is 12.2 Å². The normalized spacial score (nSPS) is 15.5. The number of carbonyl (C=O) groups excluding carboxylic acids is 2. The molecule has 6 heteroatoms. The Hall–Kier alpha value is -1.17. The van der Waals surface area contributed by atoms with Gasteiger partial charge in [-0.25, -0.2) is 4.79 Å². The van der Waals surface area contributed by atoms with E-state index in [0.717, 1.165) is 0 Å². The molecule has 0 radical (unpaired) electrons. The van der Waals surface area contributed by atoms with Crippen LogP contribution in [-0.2, 0) is 14.3 Å². The molecule has 1 amide bonds. The number of amides is 1. The van der Waals surface area contributed by atoms with E-state index in [1.807, 2.05) is 6.92 Å². The van der Waals surface area contributed by atoms with Crippen molar-refractivity contribution in [3.05, 3.63) is 0 Å². The van der Waals surface area contributed by atoms with Crippen LogP contribution in [0.15, 0.2) is 0 Å². The van der Waals surface area contributed by atoms with Crippen LogP contribution in [0.1, 0.15) is 34.1 Å². The zero-order valence-electron chi connectivity index (χ0n) is 10.7. The molecule has 98 valence electrons. The molecule has 3 N–H and O–H groups in total. The molecule has 0 saturated heterocycles. The van der Waals surface area contributed by atoms with Gasteiger partial charge in [0.15, 0.2) is 0 Å². The predicted octanol–water partition coefficient (Wildman–Crippen LogP) is 0.757. The van der Waals surface area contributed by atoms with Gasteiger partial charge in [0.25, 0.3) is 0 Å². The molecular weight excluding hydrogens is 240 g/mol. The zero-order chi connectivity index (χ0) is 13.6. The van der Waals surface area contributed by atoms with Gasteiger partial charge in [-0.05, 0) is 27.2 Å². The smallest absolute Gasteiger partial charge is 0.328 e. The summed E-state index contributed by atoms with van der Waals surface area (Å²) in [6.07, 6.45) is 0.476. The summed E-state index contributed by atoms with van der Waals surface area (Å²) in [5.74, 6) is -0.824. The molecule has 0 aromatic heterocycles. The second-order valence-electron chi connectivity index (χ2n) is 4.00. The first kappa shape index (κ1) is 15.8. The van der Waals surface area contributed by atoms with Gasteiger partial charge in [-0.3, -0.25) is 4.79 Å². The third kappa shape index (κ3) is 3.96. The molecule has 0 aromatic rings. The van der Waals surface area contributed by atoms with E-state index in [1.54, 1.807) is 20.8 Å². The van der Waals surface area contributed by atoms with Gasteiger partial charge in [0, 0.05) is 0 Å². The van der Waals surface area contributed by atoms with E-state index in [1.165, 1.54) is 0 Å². The molecule has 2 unspecified atom stereocenters. The SMILES string of the molecule is CCOC(=O)C(C)NC(=O)C(C)(CC)C(N)=S. The van der Waals surface area contributed by atoms with Gasteiger partial charge in [-0.15, -0.1) is 0 Å². The Morgan fingerprint density at radius 2 is 2.00 bits per heavy atom. The van der Waals surface area contributed by atoms with Crippen LogP contribution in [0.25, 0.3) is 0 Å². The summed E-state index contributed by atoms with van der Waals surface area (Å²) >= 11 is 4.88. The van der Waals surface area contributed by atoms with Gasteiger partial charge in [0.05, 0.1) is 17.0 Å². The van der Waals surface area contributed by atoms with Crippen LogP contribution in [0.2, 0.25) is 0 Å². The van der Waals surface area contributed by atoms with Crippen LogP contribution in [0.4, 0.5) is 0 Å². The number of esters is 1. The van der Waals surface area contributed by atoms with E-state index in [4.69, 9.17) is 22.7 Å². The number of ether oxygens (including phenoxy) is 1. The molecule has 0 heterocycles. The monoisotopic (exact) mass is 260 g/mol. The van der Waals surface area contributed by atoms with Gasteiger partial charge < -0.3 is 15.8 Å². The van der Waals surface area contributed by atoms with Gasteiger partial charge in [0.2, 0.25) is 5.91 Å². The van der Waals surface area contributed by atoms with Gasteiger partial charge >= 0.3 is 5.97 Å². The van der Waals surface area contributed by atoms with Crippen molar-refractivity contribution < 1.29 is 14.3 Å². The van der Waals surface area contributed by atoms with Crippen molar-refractivity contribution in [2.24, 2.45) is 11.1 Å². The molecule has 0 aliphatic heterocycles. The standard InChI is InChI=1S/C11H20N2O3S/c1-5-11(4,9(12)17)10(15)13-7(3)8(14)16-6-2/h7H,5-6H2,1-4H3,(H2,12,17)(H,13,15). The van der Waals surface area contributed by atoms with E-state index >= 15 is 0 Å². The maximum atomic E-state index is 12.0. The Balaban J connectivity index is 4.63. The summed E-state index contributed by atoms with van der Waals surface area (Å²) in [4.78, 5) is 23.5. The highest BCUT2D eigenvalue weighted by atomic mass is 32.1. The van der Waals surface area contributed by atoms with Gasteiger partial charge in [0.1, 0.15) is 6.04 Å². The Bertz CT molecular complexity index is 320. The van der Waals surface area contributed by atoms with Crippen LogP contribution in [-0.4, -0.2) is 29.5 Å². The van der Waals surface area contributed by atoms with Crippen molar-refractivity contribution in [2.75, 3.05) is 6.61 Å². The molecule has 2 atom stereocenters. The molecule has 0 bridgehead atoms. The summed E-state index contributed by atoms with van der Waals surface area (Å²) < 4.78 is 4.79. The average molecular weight is 260 g/mol. The van der Waals surface area contributed by atoms with E-state index < -0.39 is 17.4 Å². The van der Waals surface area contributed by atoms with Crippen molar-refractivity contribution in [3.8, 4) is 0 Å². The van der Waals surface area contributed by atoms with E-state index in [2.05, 4.69) is 5.32 Å². The van der Waals surface area contributed by atoms with Gasteiger partial charge in [-0.1, -0.05) is 19.1 Å². The minimum absolute atomic E-state index is 0.119. The molecule has 0 fully saturated rings. The van der Waals surface area contributed by atoms with Crippen LogP contribution < -0.4 is 11.1 Å². The first-order chi connectivity index (χ1) is 7.79. The van der Waals surface area contributed by atoms with E-state index in [-0.39, 0.29) is 17.5 Å². The first-order valence-corrected chi connectivity index (χ1v) is 5.97. The van der Waals surface area contributed by atoms with Crippen molar-refractivity contribution in [1.29, 1.82) is 0 Å². The zero-order valence-corrected chi connectivity index (χ0v) is 11.5. The minimum atomic E-state index is -0.934. The number of hydrogen-bond donors (Lipinski definition) is 2. The maximum absolute atomic E-state index is 12.0. The highest BCUT2D eigenvalue weighted by molar-refractivity contribution is 7.80. The van der Waals surface area contributed by atoms with Crippen LogP contribution in [0.3, 0.4) is 0 Å². The van der Waals surface area contributed by atoms with Crippen LogP contribution in [0.5, 0.6) is 0 Å². The number of carbonyl (C=O) groups is 2. The quantitative estimate of drug-likeness (QED) is 0.544. The lowest BCUT2D eigenvalue weighted by Crippen LogP contribution is -2.51. The highest BCUT2D eigenvalue weighted by Crippen LogP contribution is 2.21. The lowest BCUT2D eigenvalue weighted by atomic mass is 9.86. The lowest BCUT2D eigenvalue weighted by Gasteiger charge is -2.27. The fraction of sp³-hybridized carbons (Fsp3) is 0.727. The Morgan fingerprint density at radius 3 is 2.35 bits per heavy atom. The fourth-order valence-corrected chi connectivity index (χ4v) is 1.37. The summed E-state index contributed by atoms with van der Waals surface area (Å²) in [5, 5.41) is 2.56. The van der Waals surface area contributed by atoms with Crippen LogP contribution in [0, 0.1) is 5.41 Å². The van der Waals surface area contributed by atoms with Crippen molar-refractivity contribution in [3.63, 3.8) is 0 Å². The molecule has 0 spiro atoms. The second kappa shape index (κ2) is 6.54. The topological polar surface area (TPSA) is 81.4 Å². The van der Waals surface area contributed by atoms with Crippen molar-refractivity contribution in [1.82, 2.24) is 5.32 Å². The second-order valence-corrected chi connectivity index (χ2v) is 4.44. The molecule has 0 aliphatic carbocycles. The largest absolute Gasteiger partial charge is 0.464 e. The van der Waals surface area contributed by atoms with Gasteiger partial charge in [-0.2, -0.15) is 0 Å². The predicted molar refractivity (Wildman–Crippen MR) is 69.4 cm³/mol. The third-order valence-electron chi connectivity index (χ3n) is 2.74. The molecular formula is C11H20N2O3S. The molecule has 17 heavy (non-hydrogen) atoms. The number of hydrogen-bond acceptors (Lipinski definition) is 4. The number of thiocarbonyl (C=S) groups is 1. The first-order valence-electron chi connectivity index (χ1n) is 5.57. The summed E-state index contributed by atoms with van der Waals surface area (Å²) in [6.45, 7) is 7.01. The lowest BCUT2D eigenvalue weighted by molar-refractivity contribution is -0.147. The molecule has 5 nitrogen and oxygen atoms in total. The molecule has 0 aliphatic rings. The van der Waals surface area contributed by atoms with Crippen molar-refractivity contribution in [2.45, 2.75) is 40.2 Å². The Kier molecular flexibility index (Phi) is 6.09. The van der Waals surface area contributed by atoms with E-state index in [0.29, 0.717) is 6.42 Å². The number of nitrogens with one attached hydrogen (secondary N) is 1. The van der Waals surface area contributed by atoms with Crippen molar-refractivity contribution >= 4 is 29.1 Å². The summed E-state index contributed by atoms with van der Waals surface area (Å²) in [6, 6.07) is -0.706. The summed E-state index contributed by atoms with van der Waals surface area (Å²) in [7, 11) is 0. The Labute approximate surface area is 107 Å². The number of nitrogens with two attached hydrogens (primary N) is 1. The maximum Gasteiger partial charge on any atom is 0.328 e.